The van der Waals surface area contributed by atoms with Crippen LogP contribution in [0.15, 0.2) is 48.7 Å². The highest BCUT2D eigenvalue weighted by atomic mass is 16.5. The van der Waals surface area contributed by atoms with E-state index in [1.807, 2.05) is 36.4 Å². The maximum absolute atomic E-state index is 12.7. The number of fused-ring (bicyclic) bond motifs is 5. The molecule has 0 fully saturated rings. The van der Waals surface area contributed by atoms with Crippen LogP contribution in [-0.2, 0) is 4.74 Å². The van der Waals surface area contributed by atoms with E-state index in [1.165, 1.54) is 7.11 Å². The van der Waals surface area contributed by atoms with Crippen LogP contribution in [0.3, 0.4) is 0 Å². The first-order valence-corrected chi connectivity index (χ1v) is 6.59. The highest BCUT2D eigenvalue weighted by Crippen LogP contribution is 2.42. The molecule has 0 amide bonds. The van der Waals surface area contributed by atoms with Gasteiger partial charge >= 0.3 is 5.97 Å². The van der Waals surface area contributed by atoms with Gasteiger partial charge in [-0.1, -0.05) is 30.3 Å². The third-order valence-electron chi connectivity index (χ3n) is 3.89. The number of esters is 1. The number of ether oxygens (including phenoxy) is 1. The largest absolute Gasteiger partial charge is 0.465 e. The normalized spacial score (nSPS) is 12.3. The van der Waals surface area contributed by atoms with Gasteiger partial charge in [0.2, 0.25) is 5.78 Å². The van der Waals surface area contributed by atoms with Crippen molar-refractivity contribution in [2.45, 2.75) is 0 Å². The Labute approximate surface area is 120 Å². The van der Waals surface area contributed by atoms with Crippen molar-refractivity contribution < 1.29 is 14.3 Å². The second kappa shape index (κ2) is 4.06. The van der Waals surface area contributed by atoms with Crippen LogP contribution >= 0.6 is 0 Å². The Morgan fingerprint density at radius 1 is 1.05 bits per heavy atom. The van der Waals surface area contributed by atoms with Crippen molar-refractivity contribution in [2.75, 3.05) is 7.11 Å². The van der Waals surface area contributed by atoms with E-state index in [1.54, 1.807) is 16.7 Å². The Bertz CT molecular complexity index is 921. The molecular formula is C17H11NO3. The predicted octanol–water partition coefficient (Wildman–Crippen LogP) is 2.94. The third-order valence-corrected chi connectivity index (χ3v) is 3.89. The molecule has 0 spiro atoms. The average molecular weight is 277 g/mol. The number of benzene rings is 1. The molecule has 0 bridgehead atoms. The lowest BCUT2D eigenvalue weighted by atomic mass is 10.0. The average Bonchev–Trinajstić information content (AvgIpc) is 3.01. The zero-order valence-electron chi connectivity index (χ0n) is 11.3. The quantitative estimate of drug-likeness (QED) is 0.503. The molecule has 1 aliphatic carbocycles. The van der Waals surface area contributed by atoms with Crippen LogP contribution in [0.25, 0.3) is 16.6 Å². The van der Waals surface area contributed by atoms with E-state index >= 15 is 0 Å². The van der Waals surface area contributed by atoms with Crippen LogP contribution in [-0.4, -0.2) is 23.3 Å². The standard InChI is InChI=1S/C17H11NO3/c1-21-17(20)14-12-8-4-5-9-18(12)15-13(14)10-6-2-3-7-11(10)16(15)19/h2-9H,1H3. The molecule has 0 saturated heterocycles. The summed E-state index contributed by atoms with van der Waals surface area (Å²) in [5.74, 6) is -0.485. The van der Waals surface area contributed by atoms with E-state index in [-0.39, 0.29) is 5.78 Å². The van der Waals surface area contributed by atoms with Crippen LogP contribution in [0.5, 0.6) is 0 Å². The summed E-state index contributed by atoms with van der Waals surface area (Å²) in [6, 6.07) is 12.8. The SMILES string of the molecule is COC(=O)c1c2c(n3ccccc13)C(=O)c1ccccc1-2. The van der Waals surface area contributed by atoms with E-state index in [0.717, 1.165) is 5.56 Å². The van der Waals surface area contributed by atoms with Crippen molar-refractivity contribution in [3.8, 4) is 11.1 Å². The van der Waals surface area contributed by atoms with Crippen molar-refractivity contribution >= 4 is 17.3 Å². The van der Waals surface area contributed by atoms with Crippen molar-refractivity contribution in [3.63, 3.8) is 0 Å². The molecule has 0 unspecified atom stereocenters. The van der Waals surface area contributed by atoms with E-state index < -0.39 is 5.97 Å². The zero-order valence-corrected chi connectivity index (χ0v) is 11.3. The van der Waals surface area contributed by atoms with Gasteiger partial charge in [0, 0.05) is 17.3 Å². The first-order chi connectivity index (χ1) is 10.2. The number of carbonyl (C=O) groups excluding carboxylic acids is 2. The van der Waals surface area contributed by atoms with E-state index in [2.05, 4.69) is 0 Å². The number of pyridine rings is 1. The lowest BCUT2D eigenvalue weighted by Gasteiger charge is -2.03. The van der Waals surface area contributed by atoms with Gasteiger partial charge in [-0.15, -0.1) is 0 Å². The minimum Gasteiger partial charge on any atom is -0.465 e. The first-order valence-electron chi connectivity index (χ1n) is 6.59. The molecule has 2 aromatic heterocycles. The number of rotatable bonds is 1. The molecule has 0 N–H and O–H groups in total. The number of methoxy groups -OCH3 is 1. The molecule has 0 atom stereocenters. The lowest BCUT2D eigenvalue weighted by molar-refractivity contribution is 0.0604. The van der Waals surface area contributed by atoms with Crippen LogP contribution in [0.1, 0.15) is 26.4 Å². The Kier molecular flexibility index (Phi) is 2.30. The smallest absolute Gasteiger partial charge is 0.340 e. The molecule has 4 heteroatoms. The summed E-state index contributed by atoms with van der Waals surface area (Å²) >= 11 is 0. The molecule has 1 aromatic carbocycles. The second-order valence-electron chi connectivity index (χ2n) is 4.92. The molecule has 4 nitrogen and oxygen atoms in total. The predicted molar refractivity (Wildman–Crippen MR) is 77.6 cm³/mol. The maximum atomic E-state index is 12.7. The number of ketones is 1. The van der Waals surface area contributed by atoms with Crippen molar-refractivity contribution in [1.29, 1.82) is 0 Å². The Morgan fingerprint density at radius 3 is 2.52 bits per heavy atom. The molecule has 0 aliphatic heterocycles. The Morgan fingerprint density at radius 2 is 1.76 bits per heavy atom. The number of hydrogen-bond acceptors (Lipinski definition) is 3. The molecule has 21 heavy (non-hydrogen) atoms. The fourth-order valence-corrected chi connectivity index (χ4v) is 3.03. The van der Waals surface area contributed by atoms with Crippen molar-refractivity contribution in [3.05, 3.63) is 65.5 Å². The summed E-state index contributed by atoms with van der Waals surface area (Å²) in [5.41, 5.74) is 3.77. The van der Waals surface area contributed by atoms with Crippen LogP contribution in [0, 0.1) is 0 Å². The Balaban J connectivity index is 2.21. The fourth-order valence-electron chi connectivity index (χ4n) is 3.03. The minimum atomic E-state index is -0.426. The molecule has 3 aromatic rings. The summed E-state index contributed by atoms with van der Waals surface area (Å²) in [4.78, 5) is 24.9. The van der Waals surface area contributed by atoms with Crippen molar-refractivity contribution in [2.24, 2.45) is 0 Å². The first kappa shape index (κ1) is 11.9. The summed E-state index contributed by atoms with van der Waals surface area (Å²) in [6.07, 6.45) is 1.80. The van der Waals surface area contributed by atoms with Crippen molar-refractivity contribution in [1.82, 2.24) is 4.40 Å². The van der Waals surface area contributed by atoms with Crippen LogP contribution < -0.4 is 0 Å². The minimum absolute atomic E-state index is 0.0584. The summed E-state index contributed by atoms with van der Waals surface area (Å²) < 4.78 is 6.68. The summed E-state index contributed by atoms with van der Waals surface area (Å²) in [7, 11) is 1.35. The monoisotopic (exact) mass is 277 g/mol. The zero-order chi connectivity index (χ0) is 14.6. The van der Waals surface area contributed by atoms with Gasteiger partial charge in [-0.25, -0.2) is 4.79 Å². The molecule has 0 saturated carbocycles. The van der Waals surface area contributed by atoms with E-state index in [0.29, 0.717) is 27.9 Å². The van der Waals surface area contributed by atoms with Crippen LogP contribution in [0.2, 0.25) is 0 Å². The van der Waals surface area contributed by atoms with Gasteiger partial charge in [0.25, 0.3) is 0 Å². The van der Waals surface area contributed by atoms with Gasteiger partial charge in [0.05, 0.1) is 18.2 Å². The fraction of sp³-hybridized carbons (Fsp3) is 0.0588. The highest BCUT2D eigenvalue weighted by molar-refractivity contribution is 6.25. The number of hydrogen-bond donors (Lipinski definition) is 0. The van der Waals surface area contributed by atoms with Crippen LogP contribution in [0.4, 0.5) is 0 Å². The highest BCUT2D eigenvalue weighted by Gasteiger charge is 2.35. The second-order valence-corrected chi connectivity index (χ2v) is 4.92. The molecule has 4 rings (SSSR count). The van der Waals surface area contributed by atoms with E-state index in [4.69, 9.17) is 4.74 Å². The number of nitrogens with zero attached hydrogens (tertiary/aromatic N) is 1. The topological polar surface area (TPSA) is 47.8 Å². The molecule has 2 heterocycles. The van der Waals surface area contributed by atoms with Gasteiger partial charge in [-0.2, -0.15) is 0 Å². The van der Waals surface area contributed by atoms with Gasteiger partial charge in [0.15, 0.2) is 0 Å². The summed E-state index contributed by atoms with van der Waals surface area (Å²) in [6.45, 7) is 0. The summed E-state index contributed by atoms with van der Waals surface area (Å²) in [5, 5.41) is 0. The lowest BCUT2D eigenvalue weighted by Crippen LogP contribution is -2.03. The third kappa shape index (κ3) is 1.39. The van der Waals surface area contributed by atoms with Gasteiger partial charge in [-0.3, -0.25) is 4.79 Å². The maximum Gasteiger partial charge on any atom is 0.340 e. The van der Waals surface area contributed by atoms with Gasteiger partial charge in [-0.05, 0) is 17.7 Å². The number of carbonyl (C=O) groups is 2. The number of aromatic nitrogens is 1. The Hall–Kier alpha value is -2.88. The van der Waals surface area contributed by atoms with E-state index in [9.17, 15) is 9.59 Å². The van der Waals surface area contributed by atoms with Gasteiger partial charge in [0.1, 0.15) is 5.69 Å². The molecule has 0 radical (unpaired) electrons. The van der Waals surface area contributed by atoms with Gasteiger partial charge < -0.3 is 9.14 Å². The molecule has 102 valence electrons. The molecule has 1 aliphatic rings. The molecular weight excluding hydrogens is 266 g/mol.